The first-order valence-electron chi connectivity index (χ1n) is 10.8. The molecule has 4 aromatic rings. The maximum absolute atomic E-state index is 12.3. The molecule has 6 nitrogen and oxygen atoms in total. The van der Waals surface area contributed by atoms with Crippen LogP contribution in [0.5, 0.6) is 11.5 Å². The van der Waals surface area contributed by atoms with Crippen molar-refractivity contribution in [2.24, 2.45) is 0 Å². The van der Waals surface area contributed by atoms with Gasteiger partial charge in [-0.05, 0) is 78.9 Å². The summed E-state index contributed by atoms with van der Waals surface area (Å²) < 4.78 is 48.6. The van der Waals surface area contributed by atoms with E-state index in [0.717, 1.165) is 37.1 Å². The number of hydrogen-bond acceptors (Lipinski definition) is 5. The van der Waals surface area contributed by atoms with Gasteiger partial charge in [-0.1, -0.05) is 17.3 Å². The van der Waals surface area contributed by atoms with Crippen molar-refractivity contribution in [3.05, 3.63) is 90.4 Å². The molecule has 0 radical (unpaired) electrons. The summed E-state index contributed by atoms with van der Waals surface area (Å²) in [5, 5.41) is 7.76. The van der Waals surface area contributed by atoms with Crippen LogP contribution in [-0.2, 0) is 19.6 Å². The number of halogens is 3. The first-order valence-corrected chi connectivity index (χ1v) is 10.8. The van der Waals surface area contributed by atoms with Crippen LogP contribution in [0.3, 0.4) is 0 Å². The van der Waals surface area contributed by atoms with Crippen LogP contribution in [0.1, 0.15) is 24.0 Å². The van der Waals surface area contributed by atoms with Gasteiger partial charge in [-0.2, -0.15) is 0 Å². The maximum atomic E-state index is 12.3. The Kier molecular flexibility index (Phi) is 7.41. The molecule has 0 fully saturated rings. The van der Waals surface area contributed by atoms with E-state index >= 15 is 0 Å². The number of alkyl halides is 3. The molecule has 0 bridgehead atoms. The minimum Gasteiger partial charge on any atom is -0.489 e. The Morgan fingerprint density at radius 3 is 2.29 bits per heavy atom. The number of nitrogens with zero attached hydrogens (tertiary/aromatic N) is 4. The minimum absolute atomic E-state index is 0.269. The largest absolute Gasteiger partial charge is 0.573 e. The fraction of sp³-hybridized carbons (Fsp3) is 0.240. The zero-order valence-corrected chi connectivity index (χ0v) is 18.3. The predicted octanol–water partition coefficient (Wildman–Crippen LogP) is 5.84. The SMILES string of the molecule is FC(F)(F)Oc1ccc(-c2cc(COc3ccc(CCCCn4ccnn4)cc3)ccn2)cc1. The molecule has 9 heteroatoms. The number of rotatable bonds is 10. The molecule has 0 aliphatic heterocycles. The molecule has 2 aromatic carbocycles. The van der Waals surface area contributed by atoms with E-state index in [1.165, 1.54) is 17.7 Å². The summed E-state index contributed by atoms with van der Waals surface area (Å²) >= 11 is 0. The lowest BCUT2D eigenvalue weighted by Crippen LogP contribution is -2.16. The fourth-order valence-electron chi connectivity index (χ4n) is 3.42. The van der Waals surface area contributed by atoms with Gasteiger partial charge in [-0.3, -0.25) is 9.67 Å². The van der Waals surface area contributed by atoms with Crippen LogP contribution in [-0.4, -0.2) is 26.3 Å². The van der Waals surface area contributed by atoms with Crippen molar-refractivity contribution in [1.82, 2.24) is 20.0 Å². The molecule has 4 rings (SSSR count). The third kappa shape index (κ3) is 7.06. The van der Waals surface area contributed by atoms with E-state index in [0.29, 0.717) is 17.9 Å². The molecule has 2 heterocycles. The van der Waals surface area contributed by atoms with Crippen molar-refractivity contribution >= 4 is 0 Å². The van der Waals surface area contributed by atoms with Crippen LogP contribution in [0.15, 0.2) is 79.3 Å². The topological polar surface area (TPSA) is 62.1 Å². The average molecular weight is 468 g/mol. The van der Waals surface area contributed by atoms with Crippen molar-refractivity contribution < 1.29 is 22.6 Å². The zero-order chi connectivity index (χ0) is 23.8. The lowest BCUT2D eigenvalue weighted by atomic mass is 10.1. The summed E-state index contributed by atoms with van der Waals surface area (Å²) in [6, 6.07) is 17.3. The summed E-state index contributed by atoms with van der Waals surface area (Å²) in [5.74, 6) is 0.493. The first-order chi connectivity index (χ1) is 16.4. The van der Waals surface area contributed by atoms with Crippen LogP contribution in [0.4, 0.5) is 13.2 Å². The number of ether oxygens (including phenoxy) is 2. The summed E-state index contributed by atoms with van der Waals surface area (Å²) in [6.07, 6.45) is 3.55. The second-order valence-electron chi connectivity index (χ2n) is 7.68. The Morgan fingerprint density at radius 1 is 0.824 bits per heavy atom. The number of pyridine rings is 1. The number of aromatic nitrogens is 4. The summed E-state index contributed by atoms with van der Waals surface area (Å²) in [7, 11) is 0. The lowest BCUT2D eigenvalue weighted by molar-refractivity contribution is -0.274. The van der Waals surface area contributed by atoms with Crippen LogP contribution in [0.2, 0.25) is 0 Å². The van der Waals surface area contributed by atoms with Crippen molar-refractivity contribution in [2.75, 3.05) is 0 Å². The second-order valence-corrected chi connectivity index (χ2v) is 7.68. The van der Waals surface area contributed by atoms with Gasteiger partial charge >= 0.3 is 6.36 Å². The molecule has 0 spiro atoms. The van der Waals surface area contributed by atoms with Gasteiger partial charge in [0.1, 0.15) is 18.1 Å². The van der Waals surface area contributed by atoms with Gasteiger partial charge in [-0.25, -0.2) is 0 Å². The Morgan fingerprint density at radius 2 is 1.59 bits per heavy atom. The monoisotopic (exact) mass is 468 g/mol. The van der Waals surface area contributed by atoms with E-state index in [-0.39, 0.29) is 5.75 Å². The standard InChI is InChI=1S/C25H23F3N4O2/c26-25(27,28)34-23-10-6-21(7-11-23)24-17-20(12-13-29-24)18-33-22-8-4-19(5-9-22)3-1-2-15-32-16-14-30-31-32/h4-14,16-17H,1-3,15,18H2. The molecule has 0 saturated carbocycles. The van der Waals surface area contributed by atoms with Gasteiger partial charge in [-0.15, -0.1) is 18.3 Å². The quantitative estimate of drug-likeness (QED) is 0.274. The van der Waals surface area contributed by atoms with Gasteiger partial charge in [0, 0.05) is 24.5 Å². The smallest absolute Gasteiger partial charge is 0.489 e. The summed E-state index contributed by atoms with van der Waals surface area (Å²) in [6.45, 7) is 1.21. The average Bonchev–Trinajstić information content (AvgIpc) is 3.35. The predicted molar refractivity (Wildman–Crippen MR) is 120 cm³/mol. The van der Waals surface area contributed by atoms with E-state index < -0.39 is 6.36 Å². The number of unbranched alkanes of at least 4 members (excludes halogenated alkanes) is 1. The summed E-state index contributed by atoms with van der Waals surface area (Å²) in [4.78, 5) is 4.30. The van der Waals surface area contributed by atoms with Crippen LogP contribution >= 0.6 is 0 Å². The van der Waals surface area contributed by atoms with Crippen molar-refractivity contribution in [3.63, 3.8) is 0 Å². The van der Waals surface area contributed by atoms with E-state index in [9.17, 15) is 13.2 Å². The van der Waals surface area contributed by atoms with Gasteiger partial charge in [0.15, 0.2) is 0 Å². The Balaban J connectivity index is 1.27. The van der Waals surface area contributed by atoms with Gasteiger partial charge in [0.2, 0.25) is 0 Å². The molecule has 0 saturated heterocycles. The van der Waals surface area contributed by atoms with Crippen molar-refractivity contribution in [3.8, 4) is 22.8 Å². The number of aryl methyl sites for hydroxylation is 2. The fourth-order valence-corrected chi connectivity index (χ4v) is 3.42. The van der Waals surface area contributed by atoms with Crippen LogP contribution < -0.4 is 9.47 Å². The van der Waals surface area contributed by atoms with E-state index in [1.54, 1.807) is 24.5 Å². The van der Waals surface area contributed by atoms with E-state index in [1.807, 2.05) is 35.1 Å². The maximum Gasteiger partial charge on any atom is 0.573 e. The third-order valence-corrected chi connectivity index (χ3v) is 5.11. The van der Waals surface area contributed by atoms with Gasteiger partial charge < -0.3 is 9.47 Å². The molecular formula is C25H23F3N4O2. The minimum atomic E-state index is -4.71. The summed E-state index contributed by atoms with van der Waals surface area (Å²) in [5.41, 5.74) is 3.47. The molecule has 0 unspecified atom stereocenters. The Labute approximate surface area is 195 Å². The number of hydrogen-bond donors (Lipinski definition) is 0. The van der Waals surface area contributed by atoms with E-state index in [2.05, 4.69) is 32.2 Å². The zero-order valence-electron chi connectivity index (χ0n) is 18.3. The van der Waals surface area contributed by atoms with Gasteiger partial charge in [0.05, 0.1) is 11.9 Å². The highest BCUT2D eigenvalue weighted by atomic mass is 19.4. The van der Waals surface area contributed by atoms with Gasteiger partial charge in [0.25, 0.3) is 0 Å². The van der Waals surface area contributed by atoms with E-state index in [4.69, 9.17) is 4.74 Å². The molecule has 34 heavy (non-hydrogen) atoms. The molecule has 2 aromatic heterocycles. The Hall–Kier alpha value is -3.88. The molecule has 0 amide bonds. The highest BCUT2D eigenvalue weighted by Crippen LogP contribution is 2.26. The molecule has 0 aliphatic rings. The first kappa shape index (κ1) is 23.3. The normalized spacial score (nSPS) is 11.4. The highest BCUT2D eigenvalue weighted by Gasteiger charge is 2.30. The molecule has 0 N–H and O–H groups in total. The molecular weight excluding hydrogens is 445 g/mol. The molecule has 0 aliphatic carbocycles. The highest BCUT2D eigenvalue weighted by molar-refractivity contribution is 5.60. The van der Waals surface area contributed by atoms with Crippen molar-refractivity contribution in [2.45, 2.75) is 38.8 Å². The third-order valence-electron chi connectivity index (χ3n) is 5.11. The van der Waals surface area contributed by atoms with Crippen LogP contribution in [0, 0.1) is 0 Å². The van der Waals surface area contributed by atoms with Crippen LogP contribution in [0.25, 0.3) is 11.3 Å². The second kappa shape index (κ2) is 10.8. The van der Waals surface area contributed by atoms with Crippen molar-refractivity contribution in [1.29, 1.82) is 0 Å². The lowest BCUT2D eigenvalue weighted by Gasteiger charge is -2.10. The number of benzene rings is 2. The molecule has 176 valence electrons. The Bertz CT molecular complexity index is 1160. The molecule has 0 atom stereocenters.